The van der Waals surface area contributed by atoms with E-state index in [0.717, 1.165) is 12.1 Å². The summed E-state index contributed by atoms with van der Waals surface area (Å²) in [6.07, 6.45) is 0.169. The average molecular weight is 552 g/mol. The fourth-order valence-corrected chi connectivity index (χ4v) is 3.85. The Bertz CT molecular complexity index is 1330. The van der Waals surface area contributed by atoms with E-state index in [1.54, 1.807) is 18.2 Å². The van der Waals surface area contributed by atoms with Gasteiger partial charge in [0.15, 0.2) is 0 Å². The van der Waals surface area contributed by atoms with Crippen molar-refractivity contribution in [2.24, 2.45) is 0 Å². The molecule has 0 aliphatic carbocycles. The van der Waals surface area contributed by atoms with E-state index in [2.05, 4.69) is 25.3 Å². The van der Waals surface area contributed by atoms with Crippen molar-refractivity contribution in [1.82, 2.24) is 14.9 Å². The van der Waals surface area contributed by atoms with Gasteiger partial charge in [-0.15, -0.1) is 13.2 Å². The van der Waals surface area contributed by atoms with Crippen LogP contribution in [0.1, 0.15) is 6.42 Å². The van der Waals surface area contributed by atoms with Crippen molar-refractivity contribution in [3.05, 3.63) is 53.8 Å². The van der Waals surface area contributed by atoms with Gasteiger partial charge in [0.2, 0.25) is 5.91 Å². The molecular formula is C25H25ClF3N5O4. The molecule has 0 unspecified atom stereocenters. The van der Waals surface area contributed by atoms with Crippen LogP contribution in [0.2, 0.25) is 5.02 Å². The molecule has 0 bridgehead atoms. The highest BCUT2D eigenvalue weighted by Crippen LogP contribution is 2.36. The first-order valence-electron chi connectivity index (χ1n) is 11.5. The van der Waals surface area contributed by atoms with Crippen LogP contribution in [-0.4, -0.2) is 67.1 Å². The van der Waals surface area contributed by atoms with Crippen molar-refractivity contribution in [2.45, 2.75) is 18.9 Å². The molecule has 2 heterocycles. The molecule has 1 aliphatic heterocycles. The molecule has 1 saturated heterocycles. The van der Waals surface area contributed by atoms with E-state index in [4.69, 9.17) is 21.1 Å². The quantitative estimate of drug-likeness (QED) is 0.352. The number of likely N-dealkylation sites (N-methyl/N-ethyl adjacent to an activating group) is 1. The fourth-order valence-electron chi connectivity index (χ4n) is 3.63. The summed E-state index contributed by atoms with van der Waals surface area (Å²) < 4.78 is 53.0. The van der Waals surface area contributed by atoms with Crippen molar-refractivity contribution >= 4 is 45.6 Å². The third kappa shape index (κ3) is 7.46. The number of rotatable bonds is 9. The van der Waals surface area contributed by atoms with Crippen LogP contribution in [-0.2, 0) is 9.53 Å². The molecule has 1 aromatic heterocycles. The van der Waals surface area contributed by atoms with Gasteiger partial charge in [0.1, 0.15) is 29.7 Å². The molecule has 0 radical (unpaired) electrons. The zero-order valence-electron chi connectivity index (χ0n) is 20.5. The fraction of sp³-hybridized carbons (Fsp3) is 0.320. The van der Waals surface area contributed by atoms with E-state index in [9.17, 15) is 18.0 Å². The second-order valence-corrected chi connectivity index (χ2v) is 9.07. The van der Waals surface area contributed by atoms with Gasteiger partial charge in [0, 0.05) is 36.6 Å². The second-order valence-electron chi connectivity index (χ2n) is 8.66. The predicted molar refractivity (Wildman–Crippen MR) is 137 cm³/mol. The van der Waals surface area contributed by atoms with E-state index in [0.29, 0.717) is 60.0 Å². The minimum Gasteiger partial charge on any atom is -0.486 e. The van der Waals surface area contributed by atoms with Crippen molar-refractivity contribution in [3.8, 4) is 11.5 Å². The first-order chi connectivity index (χ1) is 18.1. The molecule has 13 heteroatoms. The summed E-state index contributed by atoms with van der Waals surface area (Å²) in [6, 6.07) is 6.86. The van der Waals surface area contributed by atoms with E-state index in [-0.39, 0.29) is 17.0 Å². The maximum absolute atomic E-state index is 12.6. The lowest BCUT2D eigenvalue weighted by atomic mass is 10.1. The third-order valence-electron chi connectivity index (χ3n) is 5.34. The van der Waals surface area contributed by atoms with Crippen molar-refractivity contribution < 1.29 is 32.2 Å². The summed E-state index contributed by atoms with van der Waals surface area (Å²) in [5, 5.41) is 6.35. The number of nitrogens with zero attached hydrogens (tertiary/aromatic N) is 3. The molecule has 202 valence electrons. The van der Waals surface area contributed by atoms with Crippen LogP contribution in [0.25, 0.3) is 10.9 Å². The molecule has 2 N–H and O–H groups in total. The lowest BCUT2D eigenvalue weighted by Gasteiger charge is -2.18. The minimum atomic E-state index is -4.84. The predicted octanol–water partition coefficient (Wildman–Crippen LogP) is 5.15. The molecular weight excluding hydrogens is 527 g/mol. The molecule has 1 amide bonds. The van der Waals surface area contributed by atoms with E-state index in [1.165, 1.54) is 18.5 Å². The first kappa shape index (κ1) is 27.4. The third-order valence-corrected chi connectivity index (χ3v) is 5.66. The van der Waals surface area contributed by atoms with Crippen molar-refractivity contribution in [1.29, 1.82) is 0 Å². The highest BCUT2D eigenvalue weighted by Gasteiger charge is 2.31. The Hall–Kier alpha value is -3.61. The monoisotopic (exact) mass is 551 g/mol. The van der Waals surface area contributed by atoms with Crippen molar-refractivity contribution in [3.63, 3.8) is 0 Å². The molecule has 38 heavy (non-hydrogen) atoms. The number of aromatic nitrogens is 2. The normalized spacial score (nSPS) is 15.8. The van der Waals surface area contributed by atoms with Gasteiger partial charge >= 0.3 is 6.36 Å². The molecule has 1 atom stereocenters. The smallest absolute Gasteiger partial charge is 0.486 e. The molecule has 9 nitrogen and oxygen atoms in total. The molecule has 1 fully saturated rings. The molecule has 4 rings (SSSR count). The molecule has 2 aromatic carbocycles. The number of hydrogen-bond acceptors (Lipinski definition) is 8. The first-order valence-corrected chi connectivity index (χ1v) is 11.9. The minimum absolute atomic E-state index is 0.0146. The van der Waals surface area contributed by atoms with Crippen LogP contribution >= 0.6 is 11.6 Å². The standard InChI is InChI=1S/C25H25ClF3N5O4/c1-34(2)8-3-4-23(35)32-21-11-17-20(12-22(21)37-16-7-9-36-13-16)30-14-31-24(17)33-19-6-5-15(10-18(19)26)38-25(27,28)29/h3-6,10-12,14,16H,7-9,13H2,1-2H3,(H,32,35)(H,30,31,33)/b4-3+/t16-/m0/s1. The number of ether oxygens (including phenoxy) is 3. The van der Waals surface area contributed by atoms with Gasteiger partial charge < -0.3 is 29.7 Å². The number of hydrogen-bond donors (Lipinski definition) is 2. The van der Waals surface area contributed by atoms with Crippen molar-refractivity contribution in [2.75, 3.05) is 44.5 Å². The summed E-state index contributed by atoms with van der Waals surface area (Å²) in [6.45, 7) is 1.59. The summed E-state index contributed by atoms with van der Waals surface area (Å²) in [5.74, 6) is -0.0755. The van der Waals surface area contributed by atoms with Crippen LogP contribution in [0.4, 0.5) is 30.4 Å². The number of anilines is 3. The summed E-state index contributed by atoms with van der Waals surface area (Å²) in [7, 11) is 3.78. The van der Waals surface area contributed by atoms with Gasteiger partial charge in [0.25, 0.3) is 0 Å². The average Bonchev–Trinajstić information content (AvgIpc) is 3.33. The Kier molecular flexibility index (Phi) is 8.55. The number of nitrogens with one attached hydrogen (secondary N) is 2. The molecule has 3 aromatic rings. The van der Waals surface area contributed by atoms with E-state index < -0.39 is 12.1 Å². The zero-order chi connectivity index (χ0) is 27.3. The SMILES string of the molecule is CN(C)C/C=C/C(=O)Nc1cc2c(Nc3ccc(OC(F)(F)F)cc3Cl)ncnc2cc1O[C@H]1CCOC1. The molecule has 0 saturated carbocycles. The Morgan fingerprint density at radius 3 is 2.74 bits per heavy atom. The molecule has 0 spiro atoms. The highest BCUT2D eigenvalue weighted by molar-refractivity contribution is 6.33. The van der Waals surface area contributed by atoms with Gasteiger partial charge in [-0.25, -0.2) is 9.97 Å². The number of amides is 1. The number of carbonyl (C=O) groups excluding carboxylic acids is 1. The summed E-state index contributed by atoms with van der Waals surface area (Å²) in [5.41, 5.74) is 1.19. The maximum atomic E-state index is 12.6. The topological polar surface area (TPSA) is 97.8 Å². The second kappa shape index (κ2) is 11.8. The summed E-state index contributed by atoms with van der Waals surface area (Å²) in [4.78, 5) is 23.1. The number of benzene rings is 2. The Labute approximate surface area is 221 Å². The highest BCUT2D eigenvalue weighted by atomic mass is 35.5. The van der Waals surface area contributed by atoms with Crippen LogP contribution in [0.5, 0.6) is 11.5 Å². The molecule has 1 aliphatic rings. The van der Waals surface area contributed by atoms with Gasteiger partial charge in [-0.2, -0.15) is 0 Å². The van der Waals surface area contributed by atoms with Crippen LogP contribution in [0.15, 0.2) is 48.8 Å². The maximum Gasteiger partial charge on any atom is 0.573 e. The number of fused-ring (bicyclic) bond motifs is 1. The largest absolute Gasteiger partial charge is 0.573 e. The van der Waals surface area contributed by atoms with Gasteiger partial charge in [-0.1, -0.05) is 17.7 Å². The van der Waals surface area contributed by atoms with E-state index in [1.807, 2.05) is 19.0 Å². The lowest BCUT2D eigenvalue weighted by molar-refractivity contribution is -0.274. The van der Waals surface area contributed by atoms with Gasteiger partial charge in [0.05, 0.1) is 35.1 Å². The van der Waals surface area contributed by atoms with Crippen LogP contribution in [0, 0.1) is 0 Å². The number of halogens is 4. The van der Waals surface area contributed by atoms with Crippen LogP contribution < -0.4 is 20.1 Å². The van der Waals surface area contributed by atoms with Gasteiger partial charge in [-0.05, 0) is 32.3 Å². The zero-order valence-corrected chi connectivity index (χ0v) is 21.3. The number of alkyl halides is 3. The Balaban J connectivity index is 1.65. The van der Waals surface area contributed by atoms with Gasteiger partial charge in [-0.3, -0.25) is 4.79 Å². The Morgan fingerprint density at radius 1 is 1.24 bits per heavy atom. The van der Waals surface area contributed by atoms with Crippen LogP contribution in [0.3, 0.4) is 0 Å². The van der Waals surface area contributed by atoms with E-state index >= 15 is 0 Å². The summed E-state index contributed by atoms with van der Waals surface area (Å²) >= 11 is 6.20. The lowest BCUT2D eigenvalue weighted by Crippen LogP contribution is -2.18. The number of carbonyl (C=O) groups is 1. The Morgan fingerprint density at radius 2 is 2.05 bits per heavy atom.